The average Bonchev–Trinajstić information content (AvgIpc) is 3.18. The molecule has 4 fully saturated rings. The van der Waals surface area contributed by atoms with Gasteiger partial charge in [-0.15, -0.1) is 0 Å². The molecule has 0 bridgehead atoms. The van der Waals surface area contributed by atoms with Gasteiger partial charge in [0.15, 0.2) is 6.29 Å². The van der Waals surface area contributed by atoms with Crippen molar-refractivity contribution in [2.24, 2.45) is 22.7 Å². The molecule has 2 heterocycles. The van der Waals surface area contributed by atoms with Gasteiger partial charge in [0.1, 0.15) is 18.3 Å². The molecule has 38 heavy (non-hydrogen) atoms. The van der Waals surface area contributed by atoms with Crippen molar-refractivity contribution in [1.29, 1.82) is 0 Å². The smallest absolute Gasteiger partial charge is 0.335 e. The summed E-state index contributed by atoms with van der Waals surface area (Å²) in [4.78, 5) is 11.5. The summed E-state index contributed by atoms with van der Waals surface area (Å²) in [7, 11) is 0. The molecule has 1 aliphatic heterocycles. The van der Waals surface area contributed by atoms with Crippen LogP contribution in [0.4, 0.5) is 0 Å². The normalized spacial score (nSPS) is 50.5. The second kappa shape index (κ2) is 9.25. The van der Waals surface area contributed by atoms with Crippen molar-refractivity contribution >= 4 is 0 Å². The lowest BCUT2D eigenvalue weighted by Crippen LogP contribution is -2.60. The maximum absolute atomic E-state index is 12.4. The second-order valence-electron chi connectivity index (χ2n) is 13.1. The number of aliphatic hydroxyl groups excluding tert-OH is 3. The highest BCUT2D eigenvalue weighted by atomic mass is 16.7. The standard InChI is InChI=1S/C30H42O8/c1-16-24(32)25(33)26(34)27(37-16)38-19-8-11-28(2)18(14-19)5-6-22-21(28)9-12-29(3)20(10-13-30(22,29)35)17-4-7-23(31)36-15-17/h4,7,14-16,19-22,24-27,32-35H,5-6,8-13H2,1-3H3/t16-,19-,20?,21?,22?,24-,25+,26+,27-,28-,29+,30+/m0/s1. The Kier molecular flexibility index (Phi) is 6.49. The van der Waals surface area contributed by atoms with Crippen molar-refractivity contribution in [3.05, 3.63) is 46.0 Å². The van der Waals surface area contributed by atoms with Crippen molar-refractivity contribution in [2.45, 2.75) is 120 Å². The molecule has 5 aliphatic rings. The SMILES string of the molecule is C[C@@H]1O[C@@H](O[C@@H]2C=C3CCC4C(CC[C@]5(C)C(c6ccc(=O)oc6)CC[C@@]45O)[C@@]3(C)CC2)[C@H](O)[C@H](O)[C@H]1O. The van der Waals surface area contributed by atoms with E-state index < -0.39 is 36.3 Å². The van der Waals surface area contributed by atoms with Gasteiger partial charge < -0.3 is 34.3 Å². The van der Waals surface area contributed by atoms with Gasteiger partial charge in [-0.05, 0) is 93.1 Å². The molecule has 8 heteroatoms. The molecule has 0 radical (unpaired) electrons. The van der Waals surface area contributed by atoms with Crippen LogP contribution in [0.2, 0.25) is 0 Å². The fraction of sp³-hybridized carbons (Fsp3) is 0.767. The monoisotopic (exact) mass is 530 g/mol. The molecule has 1 saturated heterocycles. The van der Waals surface area contributed by atoms with Gasteiger partial charge in [-0.3, -0.25) is 0 Å². The molecule has 3 unspecified atom stereocenters. The minimum Gasteiger partial charge on any atom is -0.431 e. The van der Waals surface area contributed by atoms with E-state index in [1.165, 1.54) is 11.6 Å². The molecule has 8 nitrogen and oxygen atoms in total. The first-order valence-corrected chi connectivity index (χ1v) is 14.4. The zero-order valence-electron chi connectivity index (χ0n) is 22.6. The minimum absolute atomic E-state index is 0.0213. The van der Waals surface area contributed by atoms with Gasteiger partial charge in [0.2, 0.25) is 0 Å². The number of fused-ring (bicyclic) bond motifs is 5. The zero-order chi connectivity index (χ0) is 27.0. The molecule has 12 atom stereocenters. The third-order valence-electron chi connectivity index (χ3n) is 11.5. The van der Waals surface area contributed by atoms with Crippen LogP contribution in [0.5, 0.6) is 0 Å². The molecule has 1 aromatic heterocycles. The summed E-state index contributed by atoms with van der Waals surface area (Å²) >= 11 is 0. The van der Waals surface area contributed by atoms with Gasteiger partial charge in [0.05, 0.1) is 24.1 Å². The van der Waals surface area contributed by atoms with Crippen molar-refractivity contribution in [2.75, 3.05) is 0 Å². The van der Waals surface area contributed by atoms with E-state index >= 15 is 0 Å². The highest BCUT2D eigenvalue weighted by molar-refractivity contribution is 5.31. The average molecular weight is 531 g/mol. The third kappa shape index (κ3) is 3.82. The van der Waals surface area contributed by atoms with E-state index in [9.17, 15) is 25.2 Å². The van der Waals surface area contributed by atoms with Gasteiger partial charge in [-0.25, -0.2) is 4.79 Å². The maximum Gasteiger partial charge on any atom is 0.335 e. The number of hydrogen-bond acceptors (Lipinski definition) is 8. The van der Waals surface area contributed by atoms with Crippen LogP contribution < -0.4 is 5.63 Å². The van der Waals surface area contributed by atoms with E-state index in [2.05, 4.69) is 19.9 Å². The number of rotatable bonds is 3. The van der Waals surface area contributed by atoms with Crippen LogP contribution in [0.3, 0.4) is 0 Å². The first-order valence-electron chi connectivity index (χ1n) is 14.4. The Morgan fingerprint density at radius 1 is 0.947 bits per heavy atom. The fourth-order valence-corrected chi connectivity index (χ4v) is 9.17. The summed E-state index contributed by atoms with van der Waals surface area (Å²) in [5, 5.41) is 43.0. The lowest BCUT2D eigenvalue weighted by atomic mass is 9.45. The van der Waals surface area contributed by atoms with Crippen molar-refractivity contribution in [1.82, 2.24) is 0 Å². The van der Waals surface area contributed by atoms with Gasteiger partial charge in [-0.1, -0.05) is 25.5 Å². The number of aliphatic hydroxyl groups is 4. The van der Waals surface area contributed by atoms with Crippen molar-refractivity contribution in [3.63, 3.8) is 0 Å². The quantitative estimate of drug-likeness (QED) is 0.439. The Labute approximate surface area is 223 Å². The van der Waals surface area contributed by atoms with E-state index in [1.807, 2.05) is 6.07 Å². The van der Waals surface area contributed by atoms with E-state index in [0.29, 0.717) is 5.92 Å². The first-order chi connectivity index (χ1) is 18.0. The van der Waals surface area contributed by atoms with Crippen LogP contribution >= 0.6 is 0 Å². The Morgan fingerprint density at radius 3 is 2.47 bits per heavy atom. The van der Waals surface area contributed by atoms with Crippen LogP contribution in [0.15, 0.2) is 39.3 Å². The molecular weight excluding hydrogens is 488 g/mol. The molecule has 3 saturated carbocycles. The Morgan fingerprint density at radius 2 is 1.74 bits per heavy atom. The molecule has 4 aliphatic carbocycles. The Bertz CT molecular complexity index is 1130. The van der Waals surface area contributed by atoms with Crippen LogP contribution in [0.25, 0.3) is 0 Å². The third-order valence-corrected chi connectivity index (χ3v) is 11.5. The van der Waals surface area contributed by atoms with Gasteiger partial charge in [0, 0.05) is 11.5 Å². The van der Waals surface area contributed by atoms with E-state index in [4.69, 9.17) is 13.9 Å². The summed E-state index contributed by atoms with van der Waals surface area (Å²) in [6.07, 6.45) is 5.32. The number of allylic oxidation sites excluding steroid dienone is 1. The topological polar surface area (TPSA) is 130 Å². The van der Waals surface area contributed by atoms with Crippen molar-refractivity contribution < 1.29 is 34.3 Å². The zero-order valence-corrected chi connectivity index (χ0v) is 22.6. The second-order valence-corrected chi connectivity index (χ2v) is 13.1. The first kappa shape index (κ1) is 26.7. The summed E-state index contributed by atoms with van der Waals surface area (Å²) < 4.78 is 17.0. The largest absolute Gasteiger partial charge is 0.431 e. The molecule has 210 valence electrons. The number of hydrogen-bond donors (Lipinski definition) is 4. The molecule has 0 amide bonds. The van der Waals surface area contributed by atoms with E-state index in [0.717, 1.165) is 56.9 Å². The van der Waals surface area contributed by atoms with Gasteiger partial charge in [0.25, 0.3) is 0 Å². The van der Waals surface area contributed by atoms with E-state index in [1.54, 1.807) is 13.2 Å². The predicted octanol–water partition coefficient (Wildman–Crippen LogP) is 3.01. The lowest BCUT2D eigenvalue weighted by molar-refractivity contribution is -0.301. The molecule has 0 spiro atoms. The predicted molar refractivity (Wildman–Crippen MR) is 138 cm³/mol. The highest BCUT2D eigenvalue weighted by Crippen LogP contribution is 2.70. The van der Waals surface area contributed by atoms with Crippen molar-refractivity contribution in [3.8, 4) is 0 Å². The molecule has 0 aromatic carbocycles. The Hall–Kier alpha value is -1.55. The molecular formula is C30H42O8. The summed E-state index contributed by atoms with van der Waals surface area (Å²) in [6, 6.07) is 3.36. The highest BCUT2D eigenvalue weighted by Gasteiger charge is 2.66. The van der Waals surface area contributed by atoms with Gasteiger partial charge in [-0.2, -0.15) is 0 Å². The van der Waals surface area contributed by atoms with Gasteiger partial charge >= 0.3 is 5.63 Å². The lowest BCUT2D eigenvalue weighted by Gasteiger charge is -2.62. The van der Waals surface area contributed by atoms with Crippen LogP contribution in [0, 0.1) is 22.7 Å². The number of ether oxygens (including phenoxy) is 2. The maximum atomic E-state index is 12.4. The minimum atomic E-state index is -1.31. The summed E-state index contributed by atoms with van der Waals surface area (Å²) in [5.74, 6) is 0.759. The molecule has 1 aromatic rings. The Balaban J connectivity index is 1.21. The molecule has 6 rings (SSSR count). The van der Waals surface area contributed by atoms with E-state index in [-0.39, 0.29) is 34.4 Å². The van der Waals surface area contributed by atoms with Crippen LogP contribution in [0.1, 0.15) is 83.6 Å². The molecule has 4 N–H and O–H groups in total. The summed E-state index contributed by atoms with van der Waals surface area (Å²) in [6.45, 7) is 6.26. The van der Waals surface area contributed by atoms with Crippen LogP contribution in [-0.4, -0.2) is 62.8 Å². The summed E-state index contributed by atoms with van der Waals surface area (Å²) in [5.41, 5.74) is 0.991. The van der Waals surface area contributed by atoms with Crippen LogP contribution in [-0.2, 0) is 9.47 Å². The fourth-order valence-electron chi connectivity index (χ4n) is 9.17.